The molecule has 3 aromatic carbocycles. The summed E-state index contributed by atoms with van der Waals surface area (Å²) in [7, 11) is 1.58. The van der Waals surface area contributed by atoms with Crippen molar-refractivity contribution in [2.24, 2.45) is 5.10 Å². The molecule has 0 aliphatic heterocycles. The molecule has 6 nitrogen and oxygen atoms in total. The molecule has 0 bridgehead atoms. The predicted octanol–water partition coefficient (Wildman–Crippen LogP) is 5.50. The first-order chi connectivity index (χ1) is 16.4. The van der Waals surface area contributed by atoms with Crippen LogP contribution >= 0.6 is 11.6 Å². The number of halogens is 1. The van der Waals surface area contributed by atoms with Gasteiger partial charge in [-0.1, -0.05) is 41.9 Å². The van der Waals surface area contributed by atoms with Gasteiger partial charge < -0.3 is 14.2 Å². The van der Waals surface area contributed by atoms with Crippen LogP contribution < -0.4 is 19.6 Å². The maximum Gasteiger partial charge on any atom is 0.280 e. The number of benzene rings is 3. The number of carbonyl (C=O) groups is 1. The second-order valence-corrected chi connectivity index (χ2v) is 8.24. The lowest BCUT2D eigenvalue weighted by molar-refractivity contribution is -0.127. The highest BCUT2D eigenvalue weighted by molar-refractivity contribution is 6.32. The van der Waals surface area contributed by atoms with Crippen LogP contribution in [-0.4, -0.2) is 31.9 Å². The lowest BCUT2D eigenvalue weighted by Gasteiger charge is -2.15. The topological polar surface area (TPSA) is 69.2 Å². The van der Waals surface area contributed by atoms with Crippen molar-refractivity contribution in [3.05, 3.63) is 87.9 Å². The standard InChI is InChI=1S/C27H29ClN2O4/c1-18-14-23(15-19(2)26(18)28)34-20(3)27(31)30-29-17-22-10-11-24(25(16-22)32-4)33-13-12-21-8-6-5-7-9-21/h5-11,14-17,20H,12-13H2,1-4H3,(H,30,31)/b29-17+. The number of hydrazone groups is 1. The van der Waals surface area contributed by atoms with Crippen molar-refractivity contribution in [1.82, 2.24) is 5.43 Å². The molecule has 1 N–H and O–H groups in total. The summed E-state index contributed by atoms with van der Waals surface area (Å²) in [5, 5.41) is 4.73. The molecular formula is C27H29ClN2O4. The second kappa shape index (κ2) is 12.1. The van der Waals surface area contributed by atoms with E-state index in [-0.39, 0.29) is 5.91 Å². The SMILES string of the molecule is COc1cc(/C=N/NC(=O)C(C)Oc2cc(C)c(Cl)c(C)c2)ccc1OCCc1ccccc1. The summed E-state index contributed by atoms with van der Waals surface area (Å²) in [5.74, 6) is 1.46. The van der Waals surface area contributed by atoms with Crippen LogP contribution in [0.2, 0.25) is 5.02 Å². The average molecular weight is 481 g/mol. The van der Waals surface area contributed by atoms with E-state index in [0.717, 1.165) is 23.1 Å². The largest absolute Gasteiger partial charge is 0.493 e. The van der Waals surface area contributed by atoms with E-state index >= 15 is 0 Å². The van der Waals surface area contributed by atoms with Gasteiger partial charge >= 0.3 is 0 Å². The predicted molar refractivity (Wildman–Crippen MR) is 135 cm³/mol. The second-order valence-electron chi connectivity index (χ2n) is 7.86. The van der Waals surface area contributed by atoms with Gasteiger partial charge in [-0.15, -0.1) is 0 Å². The fourth-order valence-electron chi connectivity index (χ4n) is 3.30. The van der Waals surface area contributed by atoms with E-state index in [4.69, 9.17) is 25.8 Å². The number of aryl methyl sites for hydroxylation is 2. The van der Waals surface area contributed by atoms with E-state index in [2.05, 4.69) is 22.7 Å². The highest BCUT2D eigenvalue weighted by Crippen LogP contribution is 2.28. The molecule has 0 fully saturated rings. The summed E-state index contributed by atoms with van der Waals surface area (Å²) in [6, 6.07) is 19.2. The van der Waals surface area contributed by atoms with Crippen LogP contribution in [-0.2, 0) is 11.2 Å². The van der Waals surface area contributed by atoms with Crippen molar-refractivity contribution < 1.29 is 19.0 Å². The molecule has 3 rings (SSSR count). The van der Waals surface area contributed by atoms with Crippen LogP contribution in [0.25, 0.3) is 0 Å². The van der Waals surface area contributed by atoms with Crippen molar-refractivity contribution in [2.75, 3.05) is 13.7 Å². The molecule has 1 amide bonds. The third-order valence-corrected chi connectivity index (χ3v) is 5.76. The maximum atomic E-state index is 12.4. The third kappa shape index (κ3) is 6.99. The van der Waals surface area contributed by atoms with E-state index in [1.807, 2.05) is 44.2 Å². The zero-order valence-corrected chi connectivity index (χ0v) is 20.6. The zero-order chi connectivity index (χ0) is 24.5. The molecule has 0 aromatic heterocycles. The number of carbonyl (C=O) groups excluding carboxylic acids is 1. The third-order valence-electron chi connectivity index (χ3n) is 5.16. The van der Waals surface area contributed by atoms with Gasteiger partial charge in [-0.2, -0.15) is 5.10 Å². The summed E-state index contributed by atoms with van der Waals surface area (Å²) < 4.78 is 17.1. The van der Waals surface area contributed by atoms with E-state index < -0.39 is 6.10 Å². The van der Waals surface area contributed by atoms with E-state index in [9.17, 15) is 4.79 Å². The Labute approximate surface area is 205 Å². The Morgan fingerprint density at radius 2 is 1.76 bits per heavy atom. The summed E-state index contributed by atoms with van der Waals surface area (Å²) >= 11 is 6.19. The molecule has 0 saturated heterocycles. The molecule has 34 heavy (non-hydrogen) atoms. The van der Waals surface area contributed by atoms with Gasteiger partial charge in [0.05, 0.1) is 19.9 Å². The Kier molecular flexibility index (Phi) is 8.93. The fraction of sp³-hybridized carbons (Fsp3) is 0.259. The average Bonchev–Trinajstić information content (AvgIpc) is 2.83. The van der Waals surface area contributed by atoms with Crippen molar-refractivity contribution in [2.45, 2.75) is 33.3 Å². The first-order valence-corrected chi connectivity index (χ1v) is 11.4. The molecule has 1 unspecified atom stereocenters. The minimum atomic E-state index is -0.730. The zero-order valence-electron chi connectivity index (χ0n) is 19.8. The lowest BCUT2D eigenvalue weighted by Crippen LogP contribution is -2.33. The van der Waals surface area contributed by atoms with Gasteiger partial charge in [0, 0.05) is 11.4 Å². The molecule has 0 radical (unpaired) electrons. The molecular weight excluding hydrogens is 452 g/mol. The van der Waals surface area contributed by atoms with E-state index in [1.165, 1.54) is 11.8 Å². The van der Waals surface area contributed by atoms with Gasteiger partial charge in [0.25, 0.3) is 5.91 Å². The number of rotatable bonds is 10. The van der Waals surface area contributed by atoms with Crippen LogP contribution in [0.15, 0.2) is 65.8 Å². The highest BCUT2D eigenvalue weighted by Gasteiger charge is 2.15. The number of methoxy groups -OCH3 is 1. The molecule has 0 heterocycles. The molecule has 1 atom stereocenters. The first-order valence-electron chi connectivity index (χ1n) is 11.0. The van der Waals surface area contributed by atoms with Crippen LogP contribution in [0.1, 0.15) is 29.2 Å². The molecule has 178 valence electrons. The van der Waals surface area contributed by atoms with Crippen molar-refractivity contribution in [3.63, 3.8) is 0 Å². The molecule has 7 heteroatoms. The van der Waals surface area contributed by atoms with Crippen molar-refractivity contribution in [3.8, 4) is 17.2 Å². The Bertz CT molecular complexity index is 1130. The van der Waals surface area contributed by atoms with Gasteiger partial charge in [0.15, 0.2) is 17.6 Å². The van der Waals surface area contributed by atoms with Gasteiger partial charge in [-0.3, -0.25) is 4.79 Å². The number of amides is 1. The fourth-order valence-corrected chi connectivity index (χ4v) is 3.41. The minimum absolute atomic E-state index is 0.366. The summed E-state index contributed by atoms with van der Waals surface area (Å²) in [5.41, 5.74) is 6.25. The Morgan fingerprint density at radius 1 is 1.06 bits per heavy atom. The molecule has 3 aromatic rings. The van der Waals surface area contributed by atoms with Crippen LogP contribution in [0.4, 0.5) is 0 Å². The Hall–Kier alpha value is -3.51. The first kappa shape index (κ1) is 25.1. The summed E-state index contributed by atoms with van der Waals surface area (Å²) in [6.45, 7) is 5.99. The number of hydrogen-bond acceptors (Lipinski definition) is 5. The van der Waals surface area contributed by atoms with Crippen molar-refractivity contribution in [1.29, 1.82) is 0 Å². The van der Waals surface area contributed by atoms with Crippen LogP contribution in [0.5, 0.6) is 17.2 Å². The summed E-state index contributed by atoms with van der Waals surface area (Å²) in [6.07, 6.45) is 1.61. The van der Waals surface area contributed by atoms with Gasteiger partial charge in [0.2, 0.25) is 0 Å². The minimum Gasteiger partial charge on any atom is -0.493 e. The Morgan fingerprint density at radius 3 is 2.44 bits per heavy atom. The number of nitrogens with one attached hydrogen (secondary N) is 1. The Balaban J connectivity index is 1.53. The number of nitrogens with zero attached hydrogens (tertiary/aromatic N) is 1. The van der Waals surface area contributed by atoms with Crippen LogP contribution in [0.3, 0.4) is 0 Å². The summed E-state index contributed by atoms with van der Waals surface area (Å²) in [4.78, 5) is 12.4. The molecule has 0 saturated carbocycles. The number of ether oxygens (including phenoxy) is 3. The quantitative estimate of drug-likeness (QED) is 0.307. The monoisotopic (exact) mass is 480 g/mol. The van der Waals surface area contributed by atoms with Crippen LogP contribution in [0, 0.1) is 13.8 Å². The van der Waals surface area contributed by atoms with E-state index in [1.54, 1.807) is 32.2 Å². The molecule has 0 spiro atoms. The lowest BCUT2D eigenvalue weighted by atomic mass is 10.1. The van der Waals surface area contributed by atoms with Crippen molar-refractivity contribution >= 4 is 23.7 Å². The normalized spacial score (nSPS) is 11.8. The molecule has 0 aliphatic carbocycles. The van der Waals surface area contributed by atoms with Gasteiger partial charge in [-0.05, 0) is 73.4 Å². The smallest absolute Gasteiger partial charge is 0.280 e. The van der Waals surface area contributed by atoms with Gasteiger partial charge in [0.1, 0.15) is 5.75 Å². The molecule has 0 aliphatic rings. The highest BCUT2D eigenvalue weighted by atomic mass is 35.5. The van der Waals surface area contributed by atoms with Gasteiger partial charge in [-0.25, -0.2) is 5.43 Å². The number of hydrogen-bond donors (Lipinski definition) is 1. The van der Waals surface area contributed by atoms with E-state index in [0.29, 0.717) is 28.9 Å². The maximum absolute atomic E-state index is 12.4.